The summed E-state index contributed by atoms with van der Waals surface area (Å²) in [5.74, 6) is -0.277. The third kappa shape index (κ3) is 1.78. The highest BCUT2D eigenvalue weighted by atomic mass is 32.2. The van der Waals surface area contributed by atoms with Crippen LogP contribution in [0.5, 0.6) is 0 Å². The predicted molar refractivity (Wildman–Crippen MR) is 68.8 cm³/mol. The van der Waals surface area contributed by atoms with E-state index in [0.29, 0.717) is 10.9 Å². The second-order valence-corrected chi connectivity index (χ2v) is 5.33. The highest BCUT2D eigenvalue weighted by molar-refractivity contribution is 8.15. The number of carbonyl (C=O) groups excluding carboxylic acids is 1. The molecule has 3 rings (SSSR count). The highest BCUT2D eigenvalue weighted by Gasteiger charge is 2.36. The lowest BCUT2D eigenvalue weighted by molar-refractivity contribution is -0.124. The Hall–Kier alpha value is -1.82. The molecular formula is C12H10FN3OS. The molecule has 1 unspecified atom stereocenters. The Bertz CT molecular complexity index is 567. The standard InChI is InChI=1S/C12H10FN3OS/c1-7-11(17)16-6-10(14-15-12(16)18-7)8-2-4-9(13)5-3-8/h2-7,14H,1H3. The van der Waals surface area contributed by atoms with Crippen molar-refractivity contribution in [3.63, 3.8) is 0 Å². The first kappa shape index (κ1) is 11.3. The Labute approximate surface area is 108 Å². The highest BCUT2D eigenvalue weighted by Crippen LogP contribution is 2.30. The Kier molecular flexibility index (Phi) is 2.59. The third-order valence-corrected chi connectivity index (χ3v) is 3.81. The summed E-state index contributed by atoms with van der Waals surface area (Å²) >= 11 is 1.42. The van der Waals surface area contributed by atoms with Crippen molar-refractivity contribution in [2.45, 2.75) is 12.2 Å². The maximum Gasteiger partial charge on any atom is 0.246 e. The molecule has 0 radical (unpaired) electrons. The first-order valence-corrected chi connectivity index (χ1v) is 6.34. The molecule has 1 saturated heterocycles. The molecule has 0 spiro atoms. The number of halogens is 1. The lowest BCUT2D eigenvalue weighted by atomic mass is 10.1. The van der Waals surface area contributed by atoms with Crippen LogP contribution in [0.2, 0.25) is 0 Å². The maximum atomic E-state index is 12.8. The minimum absolute atomic E-state index is 0.0138. The van der Waals surface area contributed by atoms with Crippen LogP contribution in [-0.2, 0) is 4.79 Å². The van der Waals surface area contributed by atoms with Crippen molar-refractivity contribution in [2.75, 3.05) is 0 Å². The molecule has 2 aliphatic rings. The van der Waals surface area contributed by atoms with Gasteiger partial charge in [-0.05, 0) is 31.2 Å². The molecule has 2 aliphatic heterocycles. The molecular weight excluding hydrogens is 253 g/mol. The van der Waals surface area contributed by atoms with E-state index in [1.807, 2.05) is 6.92 Å². The van der Waals surface area contributed by atoms with Gasteiger partial charge in [-0.15, -0.1) is 5.10 Å². The number of hydrogen-bond acceptors (Lipinski definition) is 4. The molecule has 1 N–H and O–H groups in total. The lowest BCUT2D eigenvalue weighted by Crippen LogP contribution is -2.31. The smallest absolute Gasteiger partial charge is 0.246 e. The molecule has 1 aromatic rings. The topological polar surface area (TPSA) is 44.7 Å². The van der Waals surface area contributed by atoms with Crippen LogP contribution >= 0.6 is 11.8 Å². The van der Waals surface area contributed by atoms with Gasteiger partial charge in [-0.3, -0.25) is 15.1 Å². The zero-order valence-electron chi connectivity index (χ0n) is 9.55. The number of amides is 1. The fourth-order valence-electron chi connectivity index (χ4n) is 1.79. The Balaban J connectivity index is 1.93. The van der Waals surface area contributed by atoms with Crippen LogP contribution in [-0.4, -0.2) is 21.2 Å². The molecule has 18 heavy (non-hydrogen) atoms. The summed E-state index contributed by atoms with van der Waals surface area (Å²) in [5.41, 5.74) is 4.35. The van der Waals surface area contributed by atoms with Crippen LogP contribution in [0.4, 0.5) is 4.39 Å². The number of carbonyl (C=O) groups is 1. The molecule has 4 nitrogen and oxygen atoms in total. The second-order valence-electron chi connectivity index (χ2n) is 4.02. The Morgan fingerprint density at radius 2 is 2.11 bits per heavy atom. The zero-order valence-corrected chi connectivity index (χ0v) is 10.4. The number of thioether (sulfide) groups is 1. The van der Waals surface area contributed by atoms with Crippen LogP contribution in [0.25, 0.3) is 5.70 Å². The number of hydrogen-bond donors (Lipinski definition) is 1. The van der Waals surface area contributed by atoms with Crippen molar-refractivity contribution in [1.29, 1.82) is 0 Å². The van der Waals surface area contributed by atoms with Gasteiger partial charge in [0.05, 0.1) is 10.9 Å². The SMILES string of the molecule is CC1SC2=NNC(c3ccc(F)cc3)=CN2C1=O. The number of rotatable bonds is 1. The monoisotopic (exact) mass is 263 g/mol. The molecule has 1 amide bonds. The van der Waals surface area contributed by atoms with Gasteiger partial charge in [-0.1, -0.05) is 11.8 Å². The maximum absolute atomic E-state index is 12.8. The Morgan fingerprint density at radius 3 is 2.83 bits per heavy atom. The van der Waals surface area contributed by atoms with E-state index in [1.165, 1.54) is 28.8 Å². The average Bonchev–Trinajstić information content (AvgIpc) is 2.66. The summed E-state index contributed by atoms with van der Waals surface area (Å²) < 4.78 is 12.8. The number of benzene rings is 1. The predicted octanol–water partition coefficient (Wildman–Crippen LogP) is 1.96. The van der Waals surface area contributed by atoms with Crippen LogP contribution in [0.1, 0.15) is 12.5 Å². The first-order valence-electron chi connectivity index (χ1n) is 5.46. The average molecular weight is 263 g/mol. The molecule has 1 atom stereocenters. The summed E-state index contributed by atoms with van der Waals surface area (Å²) in [5, 5.41) is 4.68. The minimum Gasteiger partial charge on any atom is -0.274 e. The van der Waals surface area contributed by atoms with Gasteiger partial charge in [0.25, 0.3) is 0 Å². The van der Waals surface area contributed by atoms with Gasteiger partial charge in [-0.25, -0.2) is 4.39 Å². The largest absolute Gasteiger partial charge is 0.274 e. The van der Waals surface area contributed by atoms with Gasteiger partial charge in [0, 0.05) is 11.8 Å². The van der Waals surface area contributed by atoms with Gasteiger partial charge in [0.1, 0.15) is 5.82 Å². The lowest BCUT2D eigenvalue weighted by Gasteiger charge is -2.19. The van der Waals surface area contributed by atoms with Crippen molar-refractivity contribution in [1.82, 2.24) is 10.3 Å². The van der Waals surface area contributed by atoms with Crippen molar-refractivity contribution in [3.05, 3.63) is 41.8 Å². The number of fused-ring (bicyclic) bond motifs is 1. The summed E-state index contributed by atoms with van der Waals surface area (Å²) in [6.45, 7) is 1.85. The van der Waals surface area contributed by atoms with Crippen LogP contribution in [0.15, 0.2) is 35.6 Å². The second kappa shape index (κ2) is 4.13. The molecule has 0 aliphatic carbocycles. The quantitative estimate of drug-likeness (QED) is 0.842. The summed E-state index contributed by atoms with van der Waals surface area (Å²) in [6.07, 6.45) is 1.70. The zero-order chi connectivity index (χ0) is 12.7. The minimum atomic E-state index is -0.291. The fourth-order valence-corrected chi connectivity index (χ4v) is 2.67. The first-order chi connectivity index (χ1) is 8.65. The number of amidine groups is 1. The molecule has 92 valence electrons. The molecule has 6 heteroatoms. The van der Waals surface area contributed by atoms with Gasteiger partial charge < -0.3 is 0 Å². The normalized spacial score (nSPS) is 22.2. The van der Waals surface area contributed by atoms with Crippen molar-refractivity contribution in [2.24, 2.45) is 5.10 Å². The van der Waals surface area contributed by atoms with Gasteiger partial charge >= 0.3 is 0 Å². The summed E-state index contributed by atoms with van der Waals surface area (Å²) in [7, 11) is 0. The van der Waals surface area contributed by atoms with Crippen LogP contribution in [0, 0.1) is 5.82 Å². The van der Waals surface area contributed by atoms with Gasteiger partial charge in [0.15, 0.2) is 5.17 Å². The van der Waals surface area contributed by atoms with Gasteiger partial charge in [-0.2, -0.15) is 0 Å². The fraction of sp³-hybridized carbons (Fsp3) is 0.167. The molecule has 1 aromatic carbocycles. The van der Waals surface area contributed by atoms with E-state index in [2.05, 4.69) is 10.5 Å². The van der Waals surface area contributed by atoms with E-state index in [4.69, 9.17) is 0 Å². The van der Waals surface area contributed by atoms with Crippen LogP contribution in [0.3, 0.4) is 0 Å². The molecule has 0 saturated carbocycles. The van der Waals surface area contributed by atoms with Crippen molar-refractivity contribution in [3.8, 4) is 0 Å². The van der Waals surface area contributed by atoms with Crippen molar-refractivity contribution >= 4 is 28.5 Å². The van der Waals surface area contributed by atoms with E-state index in [-0.39, 0.29) is 17.0 Å². The van der Waals surface area contributed by atoms with Crippen molar-refractivity contribution < 1.29 is 9.18 Å². The number of nitrogens with one attached hydrogen (secondary N) is 1. The van der Waals surface area contributed by atoms with Crippen LogP contribution < -0.4 is 5.43 Å². The van der Waals surface area contributed by atoms with E-state index in [1.54, 1.807) is 18.3 Å². The van der Waals surface area contributed by atoms with Gasteiger partial charge in [0.2, 0.25) is 5.91 Å². The summed E-state index contributed by atoms with van der Waals surface area (Å²) in [4.78, 5) is 13.4. The van der Waals surface area contributed by atoms with E-state index in [0.717, 1.165) is 5.56 Å². The van der Waals surface area contributed by atoms with E-state index >= 15 is 0 Å². The Morgan fingerprint density at radius 1 is 1.39 bits per heavy atom. The molecule has 0 bridgehead atoms. The third-order valence-electron chi connectivity index (χ3n) is 2.76. The number of hydrazone groups is 1. The van der Waals surface area contributed by atoms with E-state index in [9.17, 15) is 9.18 Å². The summed E-state index contributed by atoms with van der Waals surface area (Å²) in [6, 6.07) is 6.04. The molecule has 1 fully saturated rings. The van der Waals surface area contributed by atoms with E-state index < -0.39 is 0 Å². The molecule has 2 heterocycles. The number of nitrogens with zero attached hydrogens (tertiary/aromatic N) is 2. The molecule has 0 aromatic heterocycles.